The Morgan fingerprint density at radius 1 is 0.950 bits per heavy atom. The van der Waals surface area contributed by atoms with Crippen molar-refractivity contribution in [2.45, 2.75) is 57.2 Å². The largest absolute Gasteiger partial charge is 0.453 e. The summed E-state index contributed by atoms with van der Waals surface area (Å²) < 4.78 is 120. The van der Waals surface area contributed by atoms with Crippen molar-refractivity contribution < 1.29 is 54.2 Å². The Labute approximate surface area is 223 Å². The first-order valence-corrected chi connectivity index (χ1v) is 12.2. The van der Waals surface area contributed by atoms with Crippen LogP contribution in [0.1, 0.15) is 54.5 Å². The van der Waals surface area contributed by atoms with Crippen molar-refractivity contribution in [1.29, 1.82) is 0 Å². The number of carbonyl (C=O) groups is 2. The molecule has 0 bridgehead atoms. The van der Waals surface area contributed by atoms with Gasteiger partial charge >= 0.3 is 24.5 Å². The Hall–Kier alpha value is -3.58. The van der Waals surface area contributed by atoms with Crippen LogP contribution >= 0.6 is 0 Å². The molecule has 2 amide bonds. The standard InChI is InChI=1S/C26H24F8N2O4/c1-3-40-24(38)36-20(14-4-5-14)11-21(17-9-18(27)19(28)10-22(17)36)35(23(37)39-2)12-13-6-15(25(29,30)31)8-16(7-13)26(32,33)34/h6-10,14,20-21H,3-5,11-12H2,1-2H3/t20-,21-/m0/s1. The molecule has 2 aromatic carbocycles. The third-order valence-electron chi connectivity index (χ3n) is 6.90. The van der Waals surface area contributed by atoms with Crippen LogP contribution in [-0.2, 0) is 28.4 Å². The molecule has 2 aliphatic rings. The average molecular weight is 580 g/mol. The minimum Gasteiger partial charge on any atom is -0.453 e. The minimum atomic E-state index is -5.12. The number of ether oxygens (including phenoxy) is 2. The summed E-state index contributed by atoms with van der Waals surface area (Å²) in [5, 5.41) is 0. The van der Waals surface area contributed by atoms with Crippen LogP contribution in [0.5, 0.6) is 0 Å². The van der Waals surface area contributed by atoms with Gasteiger partial charge in [-0.3, -0.25) is 9.80 Å². The van der Waals surface area contributed by atoms with Crippen LogP contribution in [0.2, 0.25) is 0 Å². The topological polar surface area (TPSA) is 59.1 Å². The molecule has 2 atom stereocenters. The highest BCUT2D eigenvalue weighted by molar-refractivity contribution is 5.90. The maximum Gasteiger partial charge on any atom is 0.416 e. The third-order valence-corrected chi connectivity index (χ3v) is 6.90. The van der Waals surface area contributed by atoms with Crippen molar-refractivity contribution in [3.05, 3.63) is 64.2 Å². The number of fused-ring (bicyclic) bond motifs is 1. The molecular weight excluding hydrogens is 556 g/mol. The number of amides is 2. The molecule has 0 spiro atoms. The van der Waals surface area contributed by atoms with E-state index in [1.54, 1.807) is 6.92 Å². The van der Waals surface area contributed by atoms with Crippen molar-refractivity contribution in [2.24, 2.45) is 5.92 Å². The van der Waals surface area contributed by atoms with E-state index in [1.165, 1.54) is 0 Å². The van der Waals surface area contributed by atoms with Gasteiger partial charge in [-0.15, -0.1) is 0 Å². The van der Waals surface area contributed by atoms with E-state index in [1.807, 2.05) is 0 Å². The van der Waals surface area contributed by atoms with Gasteiger partial charge in [-0.05, 0) is 61.9 Å². The first kappa shape index (κ1) is 29.4. The van der Waals surface area contributed by atoms with Gasteiger partial charge in [0.25, 0.3) is 0 Å². The Morgan fingerprint density at radius 2 is 1.52 bits per heavy atom. The number of methoxy groups -OCH3 is 1. The fraction of sp³-hybridized carbons (Fsp3) is 0.462. The smallest absolute Gasteiger partial charge is 0.416 e. The van der Waals surface area contributed by atoms with Crippen molar-refractivity contribution in [3.63, 3.8) is 0 Å². The van der Waals surface area contributed by atoms with Gasteiger partial charge in [0.15, 0.2) is 11.6 Å². The second-order valence-electron chi connectivity index (χ2n) is 9.56. The van der Waals surface area contributed by atoms with E-state index in [4.69, 9.17) is 9.47 Å². The summed E-state index contributed by atoms with van der Waals surface area (Å²) in [6, 6.07) is 0.532. The predicted molar refractivity (Wildman–Crippen MR) is 124 cm³/mol. The van der Waals surface area contributed by atoms with E-state index in [0.29, 0.717) is 25.0 Å². The summed E-state index contributed by atoms with van der Waals surface area (Å²) in [6.07, 6.45) is -11.0. The first-order chi connectivity index (χ1) is 18.6. The highest BCUT2D eigenvalue weighted by atomic mass is 19.4. The summed E-state index contributed by atoms with van der Waals surface area (Å²) in [7, 11) is 0.959. The zero-order chi connectivity index (χ0) is 29.6. The van der Waals surface area contributed by atoms with E-state index in [9.17, 15) is 44.7 Å². The van der Waals surface area contributed by atoms with Gasteiger partial charge in [-0.25, -0.2) is 18.4 Å². The maximum absolute atomic E-state index is 14.5. The lowest BCUT2D eigenvalue weighted by molar-refractivity contribution is -0.143. The molecular formula is C26H24F8N2O4. The summed E-state index contributed by atoms with van der Waals surface area (Å²) in [5.41, 5.74) is -3.89. The molecule has 0 N–H and O–H groups in total. The van der Waals surface area contributed by atoms with E-state index < -0.39 is 71.5 Å². The van der Waals surface area contributed by atoms with Gasteiger partial charge < -0.3 is 9.47 Å². The Morgan fingerprint density at radius 3 is 2.02 bits per heavy atom. The SMILES string of the molecule is CCOC(=O)N1c2cc(F)c(F)cc2[C@@H](N(Cc2cc(C(F)(F)F)cc(C(F)(F)F)c2)C(=O)OC)C[C@H]1C1CC1. The minimum absolute atomic E-state index is 0.0273. The fourth-order valence-electron chi connectivity index (χ4n) is 5.00. The average Bonchev–Trinajstić information content (AvgIpc) is 3.71. The number of hydrogen-bond donors (Lipinski definition) is 0. The van der Waals surface area contributed by atoms with Crippen LogP contribution in [0.4, 0.5) is 50.4 Å². The molecule has 0 radical (unpaired) electrons. The van der Waals surface area contributed by atoms with E-state index in [2.05, 4.69) is 0 Å². The molecule has 14 heteroatoms. The lowest BCUT2D eigenvalue weighted by Gasteiger charge is -2.44. The number of rotatable bonds is 5. The van der Waals surface area contributed by atoms with E-state index in [0.717, 1.165) is 29.0 Å². The van der Waals surface area contributed by atoms with Crippen molar-refractivity contribution in [2.75, 3.05) is 18.6 Å². The fourth-order valence-corrected chi connectivity index (χ4v) is 5.00. The maximum atomic E-state index is 14.5. The van der Waals surface area contributed by atoms with Crippen LogP contribution in [0.15, 0.2) is 30.3 Å². The Bertz CT molecular complexity index is 1260. The van der Waals surface area contributed by atoms with E-state index in [-0.39, 0.29) is 36.3 Å². The first-order valence-electron chi connectivity index (χ1n) is 12.2. The molecule has 0 saturated heterocycles. The number of nitrogens with zero attached hydrogens (tertiary/aromatic N) is 2. The van der Waals surface area contributed by atoms with Gasteiger partial charge in [0.05, 0.1) is 36.6 Å². The number of hydrogen-bond acceptors (Lipinski definition) is 4. The van der Waals surface area contributed by atoms with Gasteiger partial charge in [0.1, 0.15) is 0 Å². The Balaban J connectivity index is 1.85. The number of halogens is 8. The number of alkyl halides is 6. The van der Waals surface area contributed by atoms with Gasteiger partial charge in [-0.2, -0.15) is 26.3 Å². The van der Waals surface area contributed by atoms with E-state index >= 15 is 0 Å². The van der Waals surface area contributed by atoms with Crippen LogP contribution < -0.4 is 4.90 Å². The molecule has 6 nitrogen and oxygen atoms in total. The molecule has 1 aliphatic heterocycles. The molecule has 1 aliphatic carbocycles. The van der Waals surface area contributed by atoms with Gasteiger partial charge in [0, 0.05) is 24.2 Å². The molecule has 4 rings (SSSR count). The zero-order valence-electron chi connectivity index (χ0n) is 21.2. The molecule has 0 unspecified atom stereocenters. The second-order valence-corrected chi connectivity index (χ2v) is 9.56. The number of anilines is 1. The number of carbonyl (C=O) groups excluding carboxylic acids is 2. The molecule has 1 saturated carbocycles. The third kappa shape index (κ3) is 5.94. The second kappa shape index (κ2) is 10.8. The molecule has 40 heavy (non-hydrogen) atoms. The summed E-state index contributed by atoms with van der Waals surface area (Å²) in [4.78, 5) is 27.8. The van der Waals surface area contributed by atoms with Crippen molar-refractivity contribution >= 4 is 17.9 Å². The highest BCUT2D eigenvalue weighted by Crippen LogP contribution is 2.49. The van der Waals surface area contributed by atoms with Crippen molar-refractivity contribution in [3.8, 4) is 0 Å². The normalized spacial score (nSPS) is 19.2. The summed E-state index contributed by atoms with van der Waals surface area (Å²) in [5.74, 6) is -2.75. The molecule has 1 heterocycles. The van der Waals surface area contributed by atoms with Crippen LogP contribution in [0, 0.1) is 17.6 Å². The molecule has 2 aromatic rings. The molecule has 1 fully saturated rings. The van der Waals surface area contributed by atoms with Crippen LogP contribution in [0.25, 0.3) is 0 Å². The van der Waals surface area contributed by atoms with Crippen LogP contribution in [0.3, 0.4) is 0 Å². The lowest BCUT2D eigenvalue weighted by atomic mass is 9.87. The summed E-state index contributed by atoms with van der Waals surface area (Å²) >= 11 is 0. The summed E-state index contributed by atoms with van der Waals surface area (Å²) in [6.45, 7) is 0.728. The van der Waals surface area contributed by atoms with Crippen molar-refractivity contribution in [1.82, 2.24) is 4.90 Å². The zero-order valence-corrected chi connectivity index (χ0v) is 21.2. The molecule has 218 valence electrons. The molecule has 0 aromatic heterocycles. The lowest BCUT2D eigenvalue weighted by Crippen LogP contribution is -2.50. The highest BCUT2D eigenvalue weighted by Gasteiger charge is 2.47. The monoisotopic (exact) mass is 580 g/mol. The van der Waals surface area contributed by atoms with Gasteiger partial charge in [-0.1, -0.05) is 0 Å². The number of benzene rings is 2. The Kier molecular flexibility index (Phi) is 7.92. The quantitative estimate of drug-likeness (QED) is 0.345. The van der Waals surface area contributed by atoms with Crippen LogP contribution in [-0.4, -0.2) is 36.8 Å². The van der Waals surface area contributed by atoms with Gasteiger partial charge in [0.2, 0.25) is 0 Å². The predicted octanol–water partition coefficient (Wildman–Crippen LogP) is 7.46.